The largest absolute Gasteiger partial charge is 0.462 e. The number of rotatable bonds is 10. The number of ketones is 1. The highest BCUT2D eigenvalue weighted by atomic mass is 16.5. The molecule has 0 N–H and O–H groups in total. The van der Waals surface area contributed by atoms with Crippen LogP contribution >= 0.6 is 0 Å². The molecular weight excluding hydrogens is 348 g/mol. The molecule has 0 saturated heterocycles. The molecule has 2 aromatic carbocycles. The van der Waals surface area contributed by atoms with Crippen molar-refractivity contribution in [3.63, 3.8) is 0 Å². The highest BCUT2D eigenvalue weighted by molar-refractivity contribution is 6.09. The predicted octanol–water partition coefficient (Wildman–Crippen LogP) is 6.08. The quantitative estimate of drug-likeness (QED) is 0.218. The molecule has 0 aliphatic heterocycles. The number of carbonyl (C=O) groups excluding carboxylic acids is 2. The van der Waals surface area contributed by atoms with Crippen LogP contribution in [0.1, 0.15) is 67.9 Å². The van der Waals surface area contributed by atoms with Gasteiger partial charge in [-0.2, -0.15) is 0 Å². The Bertz CT molecular complexity index is 786. The normalized spacial score (nSPS) is 11.5. The first-order valence-electron chi connectivity index (χ1n) is 10.0. The van der Waals surface area contributed by atoms with E-state index >= 15 is 0 Å². The zero-order chi connectivity index (χ0) is 20.4. The van der Waals surface area contributed by atoms with Crippen LogP contribution in [0.3, 0.4) is 0 Å². The maximum absolute atomic E-state index is 12.4. The molecule has 0 aliphatic carbocycles. The molecule has 0 spiro atoms. The lowest BCUT2D eigenvalue weighted by atomic mass is 10.0. The second kappa shape index (κ2) is 11.2. The fourth-order valence-electron chi connectivity index (χ4n) is 2.91. The number of ether oxygens (including phenoxy) is 1. The maximum atomic E-state index is 12.4. The SMILES string of the molecule is C/C(=C\c1ccc(C(=O)c2ccccc2)cc1)C(=O)OCCCCCC(C)C. The Hall–Kier alpha value is -2.68. The summed E-state index contributed by atoms with van der Waals surface area (Å²) in [6.45, 7) is 6.66. The van der Waals surface area contributed by atoms with Gasteiger partial charge in [-0.3, -0.25) is 4.79 Å². The van der Waals surface area contributed by atoms with Gasteiger partial charge in [-0.15, -0.1) is 0 Å². The minimum Gasteiger partial charge on any atom is -0.462 e. The van der Waals surface area contributed by atoms with Crippen LogP contribution in [0.15, 0.2) is 60.2 Å². The molecule has 0 fully saturated rings. The van der Waals surface area contributed by atoms with Crippen LogP contribution in [-0.2, 0) is 9.53 Å². The first kappa shape index (κ1) is 21.6. The zero-order valence-corrected chi connectivity index (χ0v) is 17.1. The smallest absolute Gasteiger partial charge is 0.333 e. The first-order valence-corrected chi connectivity index (χ1v) is 10.0. The summed E-state index contributed by atoms with van der Waals surface area (Å²) >= 11 is 0. The molecule has 28 heavy (non-hydrogen) atoms. The van der Waals surface area contributed by atoms with Gasteiger partial charge >= 0.3 is 5.97 Å². The third-order valence-electron chi connectivity index (χ3n) is 4.57. The van der Waals surface area contributed by atoms with Crippen LogP contribution in [0.4, 0.5) is 0 Å². The molecule has 0 heterocycles. The van der Waals surface area contributed by atoms with Gasteiger partial charge in [0.25, 0.3) is 0 Å². The molecule has 3 nitrogen and oxygen atoms in total. The summed E-state index contributed by atoms with van der Waals surface area (Å²) in [6, 6.07) is 16.5. The van der Waals surface area contributed by atoms with E-state index in [0.29, 0.717) is 23.3 Å². The fourth-order valence-corrected chi connectivity index (χ4v) is 2.91. The van der Waals surface area contributed by atoms with Crippen molar-refractivity contribution in [2.75, 3.05) is 6.61 Å². The van der Waals surface area contributed by atoms with E-state index in [1.54, 1.807) is 37.3 Å². The summed E-state index contributed by atoms with van der Waals surface area (Å²) in [6.07, 6.45) is 6.18. The van der Waals surface area contributed by atoms with Gasteiger partial charge in [0.15, 0.2) is 5.78 Å². The number of hydrogen-bond acceptors (Lipinski definition) is 3. The molecule has 0 atom stereocenters. The summed E-state index contributed by atoms with van der Waals surface area (Å²) < 4.78 is 5.34. The highest BCUT2D eigenvalue weighted by Gasteiger charge is 2.09. The lowest BCUT2D eigenvalue weighted by Gasteiger charge is -2.07. The van der Waals surface area contributed by atoms with Gasteiger partial charge in [-0.25, -0.2) is 4.79 Å². The van der Waals surface area contributed by atoms with Crippen molar-refractivity contribution in [2.45, 2.75) is 46.5 Å². The van der Waals surface area contributed by atoms with Crippen molar-refractivity contribution < 1.29 is 14.3 Å². The van der Waals surface area contributed by atoms with Crippen molar-refractivity contribution in [3.8, 4) is 0 Å². The van der Waals surface area contributed by atoms with Gasteiger partial charge in [0.1, 0.15) is 0 Å². The molecule has 0 bridgehead atoms. The second-order valence-corrected chi connectivity index (χ2v) is 7.52. The molecule has 0 saturated carbocycles. The number of benzene rings is 2. The molecule has 0 aliphatic rings. The lowest BCUT2D eigenvalue weighted by molar-refractivity contribution is -0.139. The lowest BCUT2D eigenvalue weighted by Crippen LogP contribution is -2.07. The Morgan fingerprint density at radius 3 is 2.18 bits per heavy atom. The molecule has 2 aromatic rings. The van der Waals surface area contributed by atoms with Crippen molar-refractivity contribution in [1.82, 2.24) is 0 Å². The highest BCUT2D eigenvalue weighted by Crippen LogP contribution is 2.14. The Balaban J connectivity index is 1.85. The van der Waals surface area contributed by atoms with Gasteiger partial charge in [0, 0.05) is 16.7 Å². The van der Waals surface area contributed by atoms with E-state index in [4.69, 9.17) is 4.74 Å². The fraction of sp³-hybridized carbons (Fsp3) is 0.360. The molecule has 0 aromatic heterocycles. The molecular formula is C25H30O3. The van der Waals surface area contributed by atoms with Crippen LogP contribution < -0.4 is 0 Å². The third-order valence-corrected chi connectivity index (χ3v) is 4.57. The summed E-state index contributed by atoms with van der Waals surface area (Å²) in [5.74, 6) is 0.431. The van der Waals surface area contributed by atoms with Gasteiger partial charge in [-0.05, 0) is 30.9 Å². The summed E-state index contributed by atoms with van der Waals surface area (Å²) in [5.41, 5.74) is 2.73. The van der Waals surface area contributed by atoms with Crippen molar-refractivity contribution in [1.29, 1.82) is 0 Å². The standard InChI is InChI=1S/C25H30O3/c1-19(2)10-6-5-9-17-28-25(27)20(3)18-21-13-15-23(16-14-21)24(26)22-11-7-4-8-12-22/h4,7-8,11-16,18-19H,5-6,9-10,17H2,1-3H3/b20-18+. The Morgan fingerprint density at radius 1 is 0.893 bits per heavy atom. The van der Waals surface area contributed by atoms with E-state index in [1.165, 1.54) is 12.8 Å². The van der Waals surface area contributed by atoms with E-state index in [9.17, 15) is 9.59 Å². The van der Waals surface area contributed by atoms with Crippen molar-refractivity contribution in [3.05, 3.63) is 76.9 Å². The van der Waals surface area contributed by atoms with Crippen LogP contribution in [0.2, 0.25) is 0 Å². The number of unbranched alkanes of at least 4 members (excludes halogenated alkanes) is 2. The van der Waals surface area contributed by atoms with Crippen LogP contribution in [0, 0.1) is 5.92 Å². The molecule has 148 valence electrons. The van der Waals surface area contributed by atoms with E-state index in [1.807, 2.05) is 30.3 Å². The van der Waals surface area contributed by atoms with Gasteiger partial charge in [0.05, 0.1) is 6.61 Å². The molecule has 0 amide bonds. The summed E-state index contributed by atoms with van der Waals surface area (Å²) in [4.78, 5) is 24.5. The maximum Gasteiger partial charge on any atom is 0.333 e. The molecule has 0 radical (unpaired) electrons. The Kier molecular flexibility index (Phi) is 8.67. The Morgan fingerprint density at radius 2 is 1.54 bits per heavy atom. The number of carbonyl (C=O) groups is 2. The minimum atomic E-state index is -0.284. The zero-order valence-electron chi connectivity index (χ0n) is 17.1. The van der Waals surface area contributed by atoms with Crippen LogP contribution in [0.5, 0.6) is 0 Å². The summed E-state index contributed by atoms with van der Waals surface area (Å²) in [5, 5.41) is 0. The van der Waals surface area contributed by atoms with Crippen molar-refractivity contribution >= 4 is 17.8 Å². The average Bonchev–Trinajstić information content (AvgIpc) is 2.70. The van der Waals surface area contributed by atoms with Crippen molar-refractivity contribution in [2.24, 2.45) is 5.92 Å². The predicted molar refractivity (Wildman–Crippen MR) is 114 cm³/mol. The van der Waals surface area contributed by atoms with Gasteiger partial charge < -0.3 is 4.74 Å². The van der Waals surface area contributed by atoms with E-state index in [0.717, 1.165) is 24.3 Å². The van der Waals surface area contributed by atoms with E-state index in [-0.39, 0.29) is 11.8 Å². The van der Waals surface area contributed by atoms with Crippen LogP contribution in [-0.4, -0.2) is 18.4 Å². The van der Waals surface area contributed by atoms with E-state index < -0.39 is 0 Å². The third kappa shape index (κ3) is 7.15. The monoisotopic (exact) mass is 378 g/mol. The average molecular weight is 379 g/mol. The van der Waals surface area contributed by atoms with E-state index in [2.05, 4.69) is 13.8 Å². The molecule has 3 heteroatoms. The van der Waals surface area contributed by atoms with Crippen LogP contribution in [0.25, 0.3) is 6.08 Å². The van der Waals surface area contributed by atoms with Gasteiger partial charge in [0.2, 0.25) is 0 Å². The first-order chi connectivity index (χ1) is 13.5. The topological polar surface area (TPSA) is 43.4 Å². The number of esters is 1. The van der Waals surface area contributed by atoms with Gasteiger partial charge in [-0.1, -0.05) is 87.7 Å². The molecule has 2 rings (SSSR count). The number of hydrogen-bond donors (Lipinski definition) is 0. The second-order valence-electron chi connectivity index (χ2n) is 7.52. The minimum absolute atomic E-state index is 0.00951. The summed E-state index contributed by atoms with van der Waals surface area (Å²) in [7, 11) is 0. The molecule has 0 unspecified atom stereocenters. The Labute approximate surface area is 168 Å².